The number of hydrogen-bond acceptors (Lipinski definition) is 2. The molecule has 1 aromatic rings. The Morgan fingerprint density at radius 2 is 2.00 bits per heavy atom. The molecule has 2 heteroatoms. The van der Waals surface area contributed by atoms with E-state index in [1.165, 1.54) is 0 Å². The minimum Gasteiger partial charge on any atom is -0.508 e. The van der Waals surface area contributed by atoms with Crippen LogP contribution in [0.25, 0.3) is 0 Å². The molecule has 2 N–H and O–H groups in total. The van der Waals surface area contributed by atoms with Gasteiger partial charge in [0.1, 0.15) is 5.75 Å². The van der Waals surface area contributed by atoms with Crippen molar-refractivity contribution in [1.29, 1.82) is 0 Å². The highest BCUT2D eigenvalue weighted by Crippen LogP contribution is 2.25. The van der Waals surface area contributed by atoms with Crippen molar-refractivity contribution in [2.24, 2.45) is 0 Å². The topological polar surface area (TPSA) is 40.5 Å². The molecule has 1 atom stereocenters. The van der Waals surface area contributed by atoms with Gasteiger partial charge in [0.05, 0.1) is 5.60 Å². The average Bonchev–Trinajstić information content (AvgIpc) is 2.15. The van der Waals surface area contributed by atoms with E-state index in [4.69, 9.17) is 0 Å². The van der Waals surface area contributed by atoms with Gasteiger partial charge in [0.25, 0.3) is 0 Å². The largest absolute Gasteiger partial charge is 0.508 e. The lowest BCUT2D eigenvalue weighted by Crippen LogP contribution is -2.18. The average molecular weight is 222 g/mol. The molecule has 2 nitrogen and oxygen atoms in total. The van der Waals surface area contributed by atoms with Gasteiger partial charge in [-0.25, -0.2) is 0 Å². The van der Waals surface area contributed by atoms with Crippen LogP contribution in [0.4, 0.5) is 0 Å². The number of phenolic OH excluding ortho intramolecular Hbond substituents is 1. The number of aromatic hydroxyl groups is 1. The predicted octanol–water partition coefficient (Wildman–Crippen LogP) is 3.44. The molecule has 90 valence electrons. The van der Waals surface area contributed by atoms with Gasteiger partial charge in [0, 0.05) is 0 Å². The maximum Gasteiger partial charge on any atom is 0.115 e. The molecule has 0 amide bonds. The Bertz CT molecular complexity index is 326. The van der Waals surface area contributed by atoms with E-state index in [2.05, 4.69) is 6.92 Å². The number of benzene rings is 1. The fourth-order valence-corrected chi connectivity index (χ4v) is 1.84. The van der Waals surface area contributed by atoms with Gasteiger partial charge in [-0.3, -0.25) is 0 Å². The Balaban J connectivity index is 2.44. The maximum absolute atomic E-state index is 9.61. The number of hydrogen-bond donors (Lipinski definition) is 2. The molecule has 0 spiro atoms. The van der Waals surface area contributed by atoms with Gasteiger partial charge in [-0.1, -0.05) is 25.5 Å². The first-order valence-corrected chi connectivity index (χ1v) is 5.90. The summed E-state index contributed by atoms with van der Waals surface area (Å²) in [4.78, 5) is 0. The van der Waals surface area contributed by atoms with E-state index in [1.807, 2.05) is 32.0 Å². The van der Waals surface area contributed by atoms with Crippen molar-refractivity contribution < 1.29 is 10.2 Å². The third-order valence-corrected chi connectivity index (χ3v) is 2.86. The molecule has 1 unspecified atom stereocenters. The lowest BCUT2D eigenvalue weighted by Gasteiger charge is -2.18. The van der Waals surface area contributed by atoms with Crippen LogP contribution < -0.4 is 0 Å². The van der Waals surface area contributed by atoms with Gasteiger partial charge < -0.3 is 10.2 Å². The lowest BCUT2D eigenvalue weighted by atomic mass is 9.92. The maximum atomic E-state index is 9.61. The zero-order chi connectivity index (χ0) is 12.2. The van der Waals surface area contributed by atoms with Crippen LogP contribution in [0, 0.1) is 0 Å². The van der Waals surface area contributed by atoms with Crippen molar-refractivity contribution in [1.82, 2.24) is 0 Å². The van der Waals surface area contributed by atoms with Crippen molar-refractivity contribution in [3.8, 4) is 5.75 Å². The third kappa shape index (κ3) is 4.67. The molecular formula is C14H22O2. The number of phenols is 1. The normalized spacial score (nSPS) is 13.8. The molecule has 0 aromatic heterocycles. The van der Waals surface area contributed by atoms with Gasteiger partial charge in [-0.05, 0) is 50.3 Å². The first-order chi connectivity index (χ1) is 7.38. The minimum atomic E-state index is -0.571. The van der Waals surface area contributed by atoms with Gasteiger partial charge in [0.15, 0.2) is 0 Å². The summed E-state index contributed by atoms with van der Waals surface area (Å²) >= 11 is 0. The first-order valence-electron chi connectivity index (χ1n) is 5.90. The summed E-state index contributed by atoms with van der Waals surface area (Å²) in [6, 6.07) is 7.41. The van der Waals surface area contributed by atoms with E-state index in [-0.39, 0.29) is 0 Å². The molecule has 0 aliphatic heterocycles. The van der Waals surface area contributed by atoms with Crippen molar-refractivity contribution in [3.05, 3.63) is 29.8 Å². The quantitative estimate of drug-likeness (QED) is 0.801. The Kier molecular flexibility index (Phi) is 4.36. The molecule has 0 radical (unpaired) electrons. The SMILES string of the molecule is CC(CCCC(C)(C)O)c1cccc(O)c1. The second-order valence-electron chi connectivity index (χ2n) is 5.20. The highest BCUT2D eigenvalue weighted by atomic mass is 16.3. The minimum absolute atomic E-state index is 0.326. The molecule has 0 aliphatic rings. The van der Waals surface area contributed by atoms with Crippen molar-refractivity contribution in [2.75, 3.05) is 0 Å². The molecule has 0 aliphatic carbocycles. The van der Waals surface area contributed by atoms with E-state index in [0.29, 0.717) is 11.7 Å². The molecule has 1 rings (SSSR count). The van der Waals surface area contributed by atoms with Crippen LogP contribution in [0.1, 0.15) is 51.5 Å². The Morgan fingerprint density at radius 1 is 1.31 bits per heavy atom. The van der Waals surface area contributed by atoms with E-state index < -0.39 is 5.60 Å². The second kappa shape index (κ2) is 5.35. The van der Waals surface area contributed by atoms with Crippen LogP contribution in [0.5, 0.6) is 5.75 Å². The van der Waals surface area contributed by atoms with E-state index in [9.17, 15) is 10.2 Å². The monoisotopic (exact) mass is 222 g/mol. The summed E-state index contributed by atoms with van der Waals surface area (Å²) in [5.74, 6) is 0.751. The fourth-order valence-electron chi connectivity index (χ4n) is 1.84. The Labute approximate surface area is 97.9 Å². The van der Waals surface area contributed by atoms with Crippen LogP contribution in [0.2, 0.25) is 0 Å². The molecule has 0 heterocycles. The zero-order valence-electron chi connectivity index (χ0n) is 10.4. The number of aliphatic hydroxyl groups is 1. The summed E-state index contributed by atoms with van der Waals surface area (Å²) in [5.41, 5.74) is 0.592. The van der Waals surface area contributed by atoms with Gasteiger partial charge in [0.2, 0.25) is 0 Å². The van der Waals surface area contributed by atoms with Crippen LogP contribution in [0.3, 0.4) is 0 Å². The second-order valence-corrected chi connectivity index (χ2v) is 5.20. The van der Waals surface area contributed by atoms with Crippen LogP contribution in [-0.2, 0) is 0 Å². The summed E-state index contributed by atoms with van der Waals surface area (Å²) in [6.07, 6.45) is 2.85. The highest BCUT2D eigenvalue weighted by Gasteiger charge is 2.13. The highest BCUT2D eigenvalue weighted by molar-refractivity contribution is 5.29. The molecule has 1 aromatic carbocycles. The Hall–Kier alpha value is -1.02. The Morgan fingerprint density at radius 3 is 2.56 bits per heavy atom. The van der Waals surface area contributed by atoms with Gasteiger partial charge in [-0.2, -0.15) is 0 Å². The van der Waals surface area contributed by atoms with Crippen LogP contribution >= 0.6 is 0 Å². The lowest BCUT2D eigenvalue weighted by molar-refractivity contribution is 0.0678. The summed E-state index contributed by atoms with van der Waals surface area (Å²) in [5, 5.41) is 19.0. The van der Waals surface area contributed by atoms with Crippen molar-refractivity contribution in [2.45, 2.75) is 51.6 Å². The molecular weight excluding hydrogens is 200 g/mol. The molecule has 0 fully saturated rings. The van der Waals surface area contributed by atoms with E-state index >= 15 is 0 Å². The van der Waals surface area contributed by atoms with Crippen molar-refractivity contribution >= 4 is 0 Å². The van der Waals surface area contributed by atoms with Crippen LogP contribution in [-0.4, -0.2) is 15.8 Å². The fraction of sp³-hybridized carbons (Fsp3) is 0.571. The first kappa shape index (κ1) is 13.0. The summed E-state index contributed by atoms with van der Waals surface area (Å²) < 4.78 is 0. The molecule has 0 bridgehead atoms. The van der Waals surface area contributed by atoms with E-state index in [0.717, 1.165) is 24.8 Å². The summed E-state index contributed by atoms with van der Waals surface area (Å²) in [6.45, 7) is 5.83. The smallest absolute Gasteiger partial charge is 0.115 e. The van der Waals surface area contributed by atoms with Crippen LogP contribution in [0.15, 0.2) is 24.3 Å². The third-order valence-electron chi connectivity index (χ3n) is 2.86. The summed E-state index contributed by atoms with van der Waals surface area (Å²) in [7, 11) is 0. The van der Waals surface area contributed by atoms with Gasteiger partial charge in [-0.15, -0.1) is 0 Å². The molecule has 0 saturated carbocycles. The van der Waals surface area contributed by atoms with Crippen molar-refractivity contribution in [3.63, 3.8) is 0 Å². The predicted molar refractivity (Wildman–Crippen MR) is 66.7 cm³/mol. The zero-order valence-corrected chi connectivity index (χ0v) is 10.4. The number of rotatable bonds is 5. The van der Waals surface area contributed by atoms with Gasteiger partial charge >= 0.3 is 0 Å². The molecule has 0 saturated heterocycles. The van der Waals surface area contributed by atoms with E-state index in [1.54, 1.807) is 6.07 Å². The standard InChI is InChI=1S/C14H22O2/c1-11(6-5-9-14(2,3)16)12-7-4-8-13(15)10-12/h4,7-8,10-11,15-16H,5-6,9H2,1-3H3. The molecule has 16 heavy (non-hydrogen) atoms.